The van der Waals surface area contributed by atoms with Crippen LogP contribution in [0.3, 0.4) is 0 Å². The Morgan fingerprint density at radius 1 is 1.44 bits per heavy atom. The monoisotopic (exact) mass is 251 g/mol. The highest BCUT2D eigenvalue weighted by molar-refractivity contribution is 5.46. The summed E-state index contributed by atoms with van der Waals surface area (Å²) in [5.74, 6) is 1.03. The first-order valence-corrected chi connectivity index (χ1v) is 6.72. The summed E-state index contributed by atoms with van der Waals surface area (Å²) in [5.41, 5.74) is 1.21. The van der Waals surface area contributed by atoms with Gasteiger partial charge in [0.1, 0.15) is 5.82 Å². The van der Waals surface area contributed by atoms with Gasteiger partial charge in [0.25, 0.3) is 0 Å². The summed E-state index contributed by atoms with van der Waals surface area (Å²) in [6.45, 7) is 9.20. The molecular weight excluding hydrogens is 226 g/mol. The average Bonchev–Trinajstić information content (AvgIpc) is 2.38. The molecule has 18 heavy (non-hydrogen) atoms. The number of hydrogen-bond acceptors (Lipinski definition) is 4. The minimum absolute atomic E-state index is 0.225. The van der Waals surface area contributed by atoms with E-state index < -0.39 is 0 Å². The van der Waals surface area contributed by atoms with Crippen LogP contribution in [0.1, 0.15) is 32.8 Å². The lowest BCUT2D eigenvalue weighted by molar-refractivity contribution is 0.289. The molecule has 0 fully saturated rings. The smallest absolute Gasteiger partial charge is 0.132 e. The third-order valence-electron chi connectivity index (χ3n) is 2.84. The standard InChI is InChI=1S/C14H25N3O/c1-4-17(9-6-10-18)14-13(7-5-8-15-14)11-16-12(2)3/h5,7-8,12,16,18H,4,6,9-11H2,1-3H3. The maximum atomic E-state index is 8.94. The van der Waals surface area contributed by atoms with Gasteiger partial charge < -0.3 is 15.3 Å². The van der Waals surface area contributed by atoms with Gasteiger partial charge in [0, 0.05) is 44.0 Å². The third kappa shape index (κ3) is 4.63. The molecule has 0 bridgehead atoms. The molecule has 0 saturated heterocycles. The van der Waals surface area contributed by atoms with Crippen molar-refractivity contribution in [1.29, 1.82) is 0 Å². The molecule has 0 unspecified atom stereocenters. The first kappa shape index (κ1) is 14.9. The molecule has 102 valence electrons. The number of nitrogens with zero attached hydrogens (tertiary/aromatic N) is 2. The van der Waals surface area contributed by atoms with E-state index in [9.17, 15) is 0 Å². The van der Waals surface area contributed by atoms with Crippen LogP contribution >= 0.6 is 0 Å². The highest BCUT2D eigenvalue weighted by Gasteiger charge is 2.10. The maximum Gasteiger partial charge on any atom is 0.132 e. The van der Waals surface area contributed by atoms with E-state index in [2.05, 4.69) is 42.0 Å². The van der Waals surface area contributed by atoms with Crippen molar-refractivity contribution in [2.75, 3.05) is 24.6 Å². The van der Waals surface area contributed by atoms with Crippen molar-refractivity contribution in [3.63, 3.8) is 0 Å². The summed E-state index contributed by atoms with van der Waals surface area (Å²) in [6.07, 6.45) is 2.61. The zero-order chi connectivity index (χ0) is 13.4. The fourth-order valence-corrected chi connectivity index (χ4v) is 1.84. The van der Waals surface area contributed by atoms with Gasteiger partial charge in [-0.15, -0.1) is 0 Å². The maximum absolute atomic E-state index is 8.94. The number of aliphatic hydroxyl groups is 1. The third-order valence-corrected chi connectivity index (χ3v) is 2.84. The van der Waals surface area contributed by atoms with Crippen molar-refractivity contribution in [2.24, 2.45) is 0 Å². The number of hydrogen-bond donors (Lipinski definition) is 2. The summed E-state index contributed by atoms with van der Waals surface area (Å²) in [5, 5.41) is 12.4. The fourth-order valence-electron chi connectivity index (χ4n) is 1.84. The largest absolute Gasteiger partial charge is 0.396 e. The van der Waals surface area contributed by atoms with Crippen molar-refractivity contribution in [2.45, 2.75) is 39.8 Å². The predicted octanol–water partition coefficient (Wildman–Crippen LogP) is 1.79. The SMILES string of the molecule is CCN(CCCO)c1ncccc1CNC(C)C. The lowest BCUT2D eigenvalue weighted by atomic mass is 10.2. The van der Waals surface area contributed by atoms with Crippen LogP contribution in [0.2, 0.25) is 0 Å². The number of aliphatic hydroxyl groups excluding tert-OH is 1. The Balaban J connectivity index is 2.78. The van der Waals surface area contributed by atoms with E-state index >= 15 is 0 Å². The van der Waals surface area contributed by atoms with Crippen molar-refractivity contribution in [3.05, 3.63) is 23.9 Å². The normalized spacial score (nSPS) is 10.9. The Morgan fingerprint density at radius 2 is 2.22 bits per heavy atom. The van der Waals surface area contributed by atoms with Crippen LogP contribution in [0, 0.1) is 0 Å². The Kier molecular flexibility index (Phi) is 6.68. The van der Waals surface area contributed by atoms with E-state index in [-0.39, 0.29) is 6.61 Å². The van der Waals surface area contributed by atoms with E-state index in [1.54, 1.807) is 0 Å². The van der Waals surface area contributed by atoms with Gasteiger partial charge in [-0.2, -0.15) is 0 Å². The van der Waals surface area contributed by atoms with Gasteiger partial charge in [0.2, 0.25) is 0 Å². The summed E-state index contributed by atoms with van der Waals surface area (Å²) >= 11 is 0. The Bertz CT molecular complexity index is 342. The number of nitrogens with one attached hydrogen (secondary N) is 1. The molecule has 0 aliphatic carbocycles. The van der Waals surface area contributed by atoms with Crippen LogP contribution in [-0.4, -0.2) is 35.8 Å². The van der Waals surface area contributed by atoms with Crippen molar-refractivity contribution in [3.8, 4) is 0 Å². The van der Waals surface area contributed by atoms with Crippen molar-refractivity contribution < 1.29 is 5.11 Å². The number of pyridine rings is 1. The number of rotatable bonds is 8. The highest BCUT2D eigenvalue weighted by Crippen LogP contribution is 2.17. The van der Waals surface area contributed by atoms with Gasteiger partial charge in [-0.3, -0.25) is 0 Å². The first-order valence-electron chi connectivity index (χ1n) is 6.72. The number of anilines is 1. The van der Waals surface area contributed by atoms with Crippen LogP contribution in [0.15, 0.2) is 18.3 Å². The predicted molar refractivity (Wildman–Crippen MR) is 75.8 cm³/mol. The van der Waals surface area contributed by atoms with Crippen LogP contribution in [0.5, 0.6) is 0 Å². The molecule has 1 heterocycles. The molecule has 0 spiro atoms. The molecule has 0 aliphatic rings. The minimum atomic E-state index is 0.225. The van der Waals surface area contributed by atoms with Crippen molar-refractivity contribution in [1.82, 2.24) is 10.3 Å². The van der Waals surface area contributed by atoms with Crippen LogP contribution < -0.4 is 10.2 Å². The molecule has 4 nitrogen and oxygen atoms in total. The second kappa shape index (κ2) is 8.06. The Morgan fingerprint density at radius 3 is 2.83 bits per heavy atom. The Hall–Kier alpha value is -1.13. The van der Waals surface area contributed by atoms with E-state index in [4.69, 9.17) is 5.11 Å². The summed E-state index contributed by atoms with van der Waals surface area (Å²) in [7, 11) is 0. The molecule has 0 amide bonds. The van der Waals surface area contributed by atoms with Gasteiger partial charge in [-0.25, -0.2) is 4.98 Å². The summed E-state index contributed by atoms with van der Waals surface area (Å²) in [4.78, 5) is 6.70. The molecule has 0 atom stereocenters. The molecule has 1 aromatic heterocycles. The average molecular weight is 251 g/mol. The summed E-state index contributed by atoms with van der Waals surface area (Å²) < 4.78 is 0. The van der Waals surface area contributed by atoms with Gasteiger partial charge in [0.15, 0.2) is 0 Å². The zero-order valence-corrected chi connectivity index (χ0v) is 11.7. The van der Waals surface area contributed by atoms with E-state index in [0.29, 0.717) is 6.04 Å². The molecule has 1 rings (SSSR count). The van der Waals surface area contributed by atoms with Crippen LogP contribution in [-0.2, 0) is 6.54 Å². The Labute approximate surface area is 110 Å². The molecule has 1 aromatic rings. The zero-order valence-electron chi connectivity index (χ0n) is 11.7. The fraction of sp³-hybridized carbons (Fsp3) is 0.643. The van der Waals surface area contributed by atoms with Gasteiger partial charge in [-0.1, -0.05) is 19.9 Å². The van der Waals surface area contributed by atoms with E-state index in [0.717, 1.165) is 31.9 Å². The second-order valence-electron chi connectivity index (χ2n) is 4.68. The van der Waals surface area contributed by atoms with Crippen LogP contribution in [0.25, 0.3) is 0 Å². The summed E-state index contributed by atoms with van der Waals surface area (Å²) in [6, 6.07) is 4.55. The first-order chi connectivity index (χ1) is 8.69. The molecule has 0 aliphatic heterocycles. The van der Waals surface area contributed by atoms with E-state index in [1.165, 1.54) is 5.56 Å². The van der Waals surface area contributed by atoms with Crippen molar-refractivity contribution >= 4 is 5.82 Å². The van der Waals surface area contributed by atoms with Gasteiger partial charge in [0.05, 0.1) is 0 Å². The lowest BCUT2D eigenvalue weighted by Crippen LogP contribution is -2.29. The molecule has 2 N–H and O–H groups in total. The second-order valence-corrected chi connectivity index (χ2v) is 4.68. The van der Waals surface area contributed by atoms with E-state index in [1.807, 2.05) is 12.3 Å². The molecule has 0 saturated carbocycles. The lowest BCUT2D eigenvalue weighted by Gasteiger charge is -2.24. The highest BCUT2D eigenvalue weighted by atomic mass is 16.3. The number of aromatic nitrogens is 1. The molecule has 0 aromatic carbocycles. The molecule has 0 radical (unpaired) electrons. The minimum Gasteiger partial charge on any atom is -0.396 e. The van der Waals surface area contributed by atoms with Gasteiger partial charge >= 0.3 is 0 Å². The quantitative estimate of drug-likeness (QED) is 0.739. The topological polar surface area (TPSA) is 48.4 Å². The molecule has 4 heteroatoms. The molecular formula is C14H25N3O. The van der Waals surface area contributed by atoms with Gasteiger partial charge in [-0.05, 0) is 19.4 Å². The van der Waals surface area contributed by atoms with Crippen LogP contribution in [0.4, 0.5) is 5.82 Å².